The van der Waals surface area contributed by atoms with Gasteiger partial charge in [-0.3, -0.25) is 4.79 Å². The number of hydrogen-bond donors (Lipinski definition) is 2. The van der Waals surface area contributed by atoms with Gasteiger partial charge in [0.15, 0.2) is 15.6 Å². The Bertz CT molecular complexity index is 1190. The second-order valence-corrected chi connectivity index (χ2v) is 8.41. The van der Waals surface area contributed by atoms with E-state index in [0.29, 0.717) is 5.56 Å². The molecule has 0 aliphatic carbocycles. The Morgan fingerprint density at radius 2 is 1.67 bits per heavy atom. The van der Waals surface area contributed by atoms with E-state index in [9.17, 15) is 23.1 Å². The highest BCUT2D eigenvalue weighted by molar-refractivity contribution is 7.90. The number of phenolic OH excluding ortho intramolecular Hbond substituents is 1. The van der Waals surface area contributed by atoms with Crippen molar-refractivity contribution >= 4 is 27.4 Å². The lowest BCUT2D eigenvalue weighted by molar-refractivity contribution is 0.0597. The SMILES string of the molecule is COC(=O)c1cccc(NC(=O)c2cccc(CS(=O)(=O)c3ccccc3)c2)c1O. The van der Waals surface area contributed by atoms with Crippen molar-refractivity contribution < 1.29 is 27.9 Å². The van der Waals surface area contributed by atoms with Crippen LogP contribution in [0.1, 0.15) is 26.3 Å². The van der Waals surface area contributed by atoms with Gasteiger partial charge in [0.2, 0.25) is 0 Å². The fraction of sp³-hybridized carbons (Fsp3) is 0.0909. The van der Waals surface area contributed by atoms with Crippen LogP contribution >= 0.6 is 0 Å². The summed E-state index contributed by atoms with van der Waals surface area (Å²) in [6.07, 6.45) is 0. The number of phenols is 1. The topological polar surface area (TPSA) is 110 Å². The summed E-state index contributed by atoms with van der Waals surface area (Å²) in [6.45, 7) is 0. The average molecular weight is 425 g/mol. The standard InChI is InChI=1S/C22H19NO6S/c1-29-22(26)18-11-6-12-19(20(18)24)23-21(25)16-8-5-7-15(13-16)14-30(27,28)17-9-3-2-4-10-17/h2-13,24H,14H2,1H3,(H,23,25). The van der Waals surface area contributed by atoms with E-state index in [1.807, 2.05) is 0 Å². The molecule has 7 nitrogen and oxygen atoms in total. The first-order valence-corrected chi connectivity index (χ1v) is 10.6. The molecule has 0 saturated heterocycles. The summed E-state index contributed by atoms with van der Waals surface area (Å²) in [4.78, 5) is 24.5. The summed E-state index contributed by atoms with van der Waals surface area (Å²) >= 11 is 0. The molecule has 3 aromatic rings. The molecule has 0 saturated carbocycles. The molecular weight excluding hydrogens is 406 g/mol. The van der Waals surface area contributed by atoms with E-state index in [1.54, 1.807) is 30.3 Å². The van der Waals surface area contributed by atoms with E-state index in [2.05, 4.69) is 10.1 Å². The molecule has 2 N–H and O–H groups in total. The second-order valence-electron chi connectivity index (χ2n) is 6.42. The maximum Gasteiger partial charge on any atom is 0.341 e. The van der Waals surface area contributed by atoms with E-state index in [4.69, 9.17) is 0 Å². The van der Waals surface area contributed by atoms with Gasteiger partial charge in [-0.2, -0.15) is 0 Å². The highest BCUT2D eigenvalue weighted by Gasteiger charge is 2.18. The fourth-order valence-electron chi connectivity index (χ4n) is 2.85. The zero-order valence-corrected chi connectivity index (χ0v) is 16.8. The van der Waals surface area contributed by atoms with E-state index >= 15 is 0 Å². The molecule has 0 bridgehead atoms. The molecule has 1 amide bonds. The number of carbonyl (C=O) groups is 2. The first-order valence-electron chi connectivity index (χ1n) is 8.90. The van der Waals surface area contributed by atoms with Crippen LogP contribution in [0.25, 0.3) is 0 Å². The fourth-order valence-corrected chi connectivity index (χ4v) is 4.20. The predicted octanol–water partition coefficient (Wildman–Crippen LogP) is 3.41. The number of amides is 1. The number of sulfone groups is 1. The third-order valence-corrected chi connectivity index (χ3v) is 6.04. The normalized spacial score (nSPS) is 11.0. The van der Waals surface area contributed by atoms with Crippen molar-refractivity contribution in [2.24, 2.45) is 0 Å². The minimum Gasteiger partial charge on any atom is -0.505 e. The minimum atomic E-state index is -3.56. The number of esters is 1. The van der Waals surface area contributed by atoms with E-state index in [1.165, 1.54) is 49.6 Å². The zero-order valence-electron chi connectivity index (χ0n) is 16.0. The lowest BCUT2D eigenvalue weighted by atomic mass is 10.1. The van der Waals surface area contributed by atoms with E-state index < -0.39 is 27.5 Å². The van der Waals surface area contributed by atoms with Gasteiger partial charge in [-0.05, 0) is 42.0 Å². The molecule has 3 rings (SSSR count). The number of ether oxygens (including phenoxy) is 1. The van der Waals surface area contributed by atoms with Crippen LogP contribution in [-0.2, 0) is 20.3 Å². The summed E-state index contributed by atoms with van der Waals surface area (Å²) in [5.41, 5.74) is 0.598. The van der Waals surface area contributed by atoms with Gasteiger partial charge in [-0.25, -0.2) is 13.2 Å². The third kappa shape index (κ3) is 4.66. The number of methoxy groups -OCH3 is 1. The molecule has 154 valence electrons. The molecule has 3 aromatic carbocycles. The number of benzene rings is 3. The van der Waals surface area contributed by atoms with Gasteiger partial charge in [-0.1, -0.05) is 36.4 Å². The Balaban J connectivity index is 1.81. The largest absolute Gasteiger partial charge is 0.505 e. The molecule has 0 unspecified atom stereocenters. The van der Waals surface area contributed by atoms with Crippen molar-refractivity contribution in [3.8, 4) is 5.75 Å². The molecule has 8 heteroatoms. The number of carbonyl (C=O) groups excluding carboxylic acids is 2. The third-order valence-electron chi connectivity index (χ3n) is 4.34. The predicted molar refractivity (Wildman–Crippen MR) is 111 cm³/mol. The monoisotopic (exact) mass is 425 g/mol. The lowest BCUT2D eigenvalue weighted by Gasteiger charge is -2.11. The van der Waals surface area contributed by atoms with Crippen LogP contribution in [0.2, 0.25) is 0 Å². The highest BCUT2D eigenvalue weighted by atomic mass is 32.2. The minimum absolute atomic E-state index is 0.0326. The summed E-state index contributed by atoms with van der Waals surface area (Å²) in [6, 6.07) is 18.5. The molecule has 0 heterocycles. The first-order chi connectivity index (χ1) is 14.3. The number of aromatic hydroxyl groups is 1. The van der Waals surface area contributed by atoms with Crippen molar-refractivity contribution in [2.45, 2.75) is 10.6 Å². The number of hydrogen-bond acceptors (Lipinski definition) is 6. The number of anilines is 1. The van der Waals surface area contributed by atoms with Crippen molar-refractivity contribution in [2.75, 3.05) is 12.4 Å². The molecule has 0 aromatic heterocycles. The zero-order chi connectivity index (χ0) is 21.7. The van der Waals surface area contributed by atoms with Crippen LogP contribution in [-0.4, -0.2) is 32.5 Å². The van der Waals surface area contributed by atoms with Crippen molar-refractivity contribution in [1.29, 1.82) is 0 Å². The summed E-state index contributed by atoms with van der Waals surface area (Å²) in [5.74, 6) is -1.98. The second kappa shape index (κ2) is 8.79. The Morgan fingerprint density at radius 1 is 0.967 bits per heavy atom. The van der Waals surface area contributed by atoms with E-state index in [0.717, 1.165) is 0 Å². The Labute approximate surface area is 173 Å². The first kappa shape index (κ1) is 21.1. The number of rotatable bonds is 6. The number of nitrogens with one attached hydrogen (secondary N) is 1. The Morgan fingerprint density at radius 3 is 2.37 bits per heavy atom. The lowest BCUT2D eigenvalue weighted by Crippen LogP contribution is -2.14. The average Bonchev–Trinajstić information content (AvgIpc) is 2.75. The summed E-state index contributed by atoms with van der Waals surface area (Å²) < 4.78 is 29.7. The van der Waals surface area contributed by atoms with Crippen LogP contribution in [0.15, 0.2) is 77.7 Å². The van der Waals surface area contributed by atoms with Crippen LogP contribution in [0.5, 0.6) is 5.75 Å². The van der Waals surface area contributed by atoms with Gasteiger partial charge in [0, 0.05) is 5.56 Å². The van der Waals surface area contributed by atoms with Crippen LogP contribution in [0.3, 0.4) is 0 Å². The van der Waals surface area contributed by atoms with Gasteiger partial charge in [-0.15, -0.1) is 0 Å². The Hall–Kier alpha value is -3.65. The molecule has 30 heavy (non-hydrogen) atoms. The smallest absolute Gasteiger partial charge is 0.341 e. The van der Waals surface area contributed by atoms with Gasteiger partial charge in [0.1, 0.15) is 5.56 Å². The van der Waals surface area contributed by atoms with Crippen LogP contribution in [0.4, 0.5) is 5.69 Å². The highest BCUT2D eigenvalue weighted by Crippen LogP contribution is 2.28. The van der Waals surface area contributed by atoms with Gasteiger partial charge in [0.05, 0.1) is 23.4 Å². The van der Waals surface area contributed by atoms with Gasteiger partial charge in [0.25, 0.3) is 5.91 Å². The van der Waals surface area contributed by atoms with Crippen molar-refractivity contribution in [3.05, 3.63) is 89.5 Å². The van der Waals surface area contributed by atoms with Gasteiger partial charge < -0.3 is 15.2 Å². The van der Waals surface area contributed by atoms with Crippen molar-refractivity contribution in [3.63, 3.8) is 0 Å². The van der Waals surface area contributed by atoms with Gasteiger partial charge >= 0.3 is 5.97 Å². The molecule has 0 aliphatic heterocycles. The molecule has 0 atom stereocenters. The van der Waals surface area contributed by atoms with Crippen LogP contribution < -0.4 is 5.32 Å². The van der Waals surface area contributed by atoms with E-state index in [-0.39, 0.29) is 27.5 Å². The molecule has 0 fully saturated rings. The van der Waals surface area contributed by atoms with Crippen molar-refractivity contribution in [1.82, 2.24) is 0 Å². The molecule has 0 aliphatic rings. The molecule has 0 spiro atoms. The summed E-state index contributed by atoms with van der Waals surface area (Å²) in [7, 11) is -2.38. The quantitative estimate of drug-likeness (QED) is 0.463. The number of para-hydroxylation sites is 1. The maximum absolute atomic E-state index is 12.6. The molecular formula is C22H19NO6S. The molecule has 0 radical (unpaired) electrons. The maximum atomic E-state index is 12.6. The summed E-state index contributed by atoms with van der Waals surface area (Å²) in [5, 5.41) is 12.7. The van der Waals surface area contributed by atoms with Crippen LogP contribution in [0, 0.1) is 0 Å². The Kier molecular flexibility index (Phi) is 6.17.